The predicted molar refractivity (Wildman–Crippen MR) is 132 cm³/mol. The third kappa shape index (κ3) is 4.94. The van der Waals surface area contributed by atoms with E-state index in [9.17, 15) is 4.79 Å². The highest BCUT2D eigenvalue weighted by atomic mass is 16.3. The molecule has 0 aliphatic rings. The van der Waals surface area contributed by atoms with E-state index in [0.29, 0.717) is 5.69 Å². The Morgan fingerprint density at radius 2 is 1.73 bits per heavy atom. The third-order valence-electron chi connectivity index (χ3n) is 5.94. The van der Waals surface area contributed by atoms with Gasteiger partial charge in [-0.1, -0.05) is 30.3 Å². The monoisotopic (exact) mass is 445 g/mol. The molecule has 1 atom stereocenters. The molecule has 0 saturated heterocycles. The summed E-state index contributed by atoms with van der Waals surface area (Å²) in [6.07, 6.45) is 1.71. The molecule has 2 aromatic heterocycles. The Kier molecular flexibility index (Phi) is 6.82. The van der Waals surface area contributed by atoms with E-state index in [0.717, 1.165) is 35.9 Å². The number of aromatic nitrogens is 2. The van der Waals surface area contributed by atoms with Gasteiger partial charge in [0.25, 0.3) is 5.56 Å². The van der Waals surface area contributed by atoms with Crippen LogP contribution in [-0.4, -0.2) is 34.9 Å². The molecule has 0 fully saturated rings. The number of hydrogen-bond donors (Lipinski definition) is 2. The fraction of sp³-hybridized carbons (Fsp3) is 0.269. The van der Waals surface area contributed by atoms with E-state index in [1.807, 2.05) is 87.3 Å². The molecule has 0 aliphatic carbocycles. The number of rotatable bonds is 9. The summed E-state index contributed by atoms with van der Waals surface area (Å²) >= 11 is 0. The summed E-state index contributed by atoms with van der Waals surface area (Å²) in [6, 6.07) is 21.9. The van der Waals surface area contributed by atoms with Crippen molar-refractivity contribution < 1.29 is 4.42 Å². The topological polar surface area (TPSA) is 67.4 Å². The zero-order valence-corrected chi connectivity index (χ0v) is 19.6. The molecule has 0 amide bonds. The molecule has 0 unspecified atom stereocenters. The third-order valence-corrected chi connectivity index (χ3v) is 5.94. The van der Waals surface area contributed by atoms with Gasteiger partial charge in [0.05, 0.1) is 23.7 Å². The van der Waals surface area contributed by atoms with Crippen LogP contribution in [0.5, 0.6) is 0 Å². The Labute approximate surface area is 194 Å². The molecule has 2 aromatic carbocycles. The maximum absolute atomic E-state index is 13.1. The van der Waals surface area contributed by atoms with Crippen LogP contribution in [0.2, 0.25) is 0 Å². The molecule has 0 aliphatic heterocycles. The summed E-state index contributed by atoms with van der Waals surface area (Å²) in [7, 11) is 5.99. The molecule has 0 radical (unpaired) electrons. The number of para-hydroxylation sites is 1. The smallest absolute Gasteiger partial charge is 0.295 e. The summed E-state index contributed by atoms with van der Waals surface area (Å²) in [5, 5.41) is 6.82. The average Bonchev–Trinajstić information content (AvgIpc) is 3.41. The van der Waals surface area contributed by atoms with Gasteiger partial charge in [0.2, 0.25) is 0 Å². The molecule has 2 N–H and O–H groups in total. The Morgan fingerprint density at radius 1 is 1.00 bits per heavy atom. The average molecular weight is 446 g/mol. The van der Waals surface area contributed by atoms with Crippen LogP contribution in [0, 0.1) is 6.92 Å². The number of likely N-dealkylation sites (N-methyl/N-ethyl adjacent to an activating group) is 1. The highest BCUT2D eigenvalue weighted by molar-refractivity contribution is 5.62. The summed E-state index contributed by atoms with van der Waals surface area (Å²) in [5.41, 5.74) is 4.28. The van der Waals surface area contributed by atoms with Crippen LogP contribution in [0.4, 0.5) is 11.4 Å². The van der Waals surface area contributed by atoms with Gasteiger partial charge in [-0.05, 0) is 63.0 Å². The van der Waals surface area contributed by atoms with E-state index >= 15 is 0 Å². The number of anilines is 2. The first-order valence-corrected chi connectivity index (χ1v) is 11.1. The van der Waals surface area contributed by atoms with Gasteiger partial charge in [0, 0.05) is 25.8 Å². The van der Waals surface area contributed by atoms with Gasteiger partial charge in [-0.3, -0.25) is 14.4 Å². The molecule has 172 valence electrons. The molecular formula is C26H31N5O2. The molecule has 0 bridgehead atoms. The SMILES string of the molecule is Cc1c(Nc2ccc(CNC[C@H](c3ccco3)N(C)C)cc2)c(=O)n(-c2ccccc2)n1C. The van der Waals surface area contributed by atoms with Crippen molar-refractivity contribution in [1.82, 2.24) is 19.6 Å². The first kappa shape index (κ1) is 22.6. The quantitative estimate of drug-likeness (QED) is 0.404. The molecule has 4 rings (SSSR count). The molecule has 0 spiro atoms. The van der Waals surface area contributed by atoms with E-state index < -0.39 is 0 Å². The van der Waals surface area contributed by atoms with Crippen LogP contribution in [0.3, 0.4) is 0 Å². The fourth-order valence-corrected chi connectivity index (χ4v) is 3.93. The summed E-state index contributed by atoms with van der Waals surface area (Å²) < 4.78 is 9.12. The lowest BCUT2D eigenvalue weighted by Crippen LogP contribution is -2.30. The van der Waals surface area contributed by atoms with Crippen molar-refractivity contribution >= 4 is 11.4 Å². The molecule has 7 heteroatoms. The van der Waals surface area contributed by atoms with E-state index in [2.05, 4.69) is 27.7 Å². The molecule has 2 heterocycles. The zero-order valence-electron chi connectivity index (χ0n) is 19.6. The van der Waals surface area contributed by atoms with Gasteiger partial charge >= 0.3 is 0 Å². The van der Waals surface area contributed by atoms with E-state index in [4.69, 9.17) is 4.42 Å². The van der Waals surface area contributed by atoms with Crippen LogP contribution in [0.25, 0.3) is 5.69 Å². The number of benzene rings is 2. The summed E-state index contributed by atoms with van der Waals surface area (Å²) in [6.45, 7) is 3.47. The lowest BCUT2D eigenvalue weighted by atomic mass is 10.1. The lowest BCUT2D eigenvalue weighted by Gasteiger charge is -2.22. The Balaban J connectivity index is 1.42. The van der Waals surface area contributed by atoms with Crippen molar-refractivity contribution in [2.24, 2.45) is 7.05 Å². The van der Waals surface area contributed by atoms with Crippen LogP contribution in [-0.2, 0) is 13.6 Å². The summed E-state index contributed by atoms with van der Waals surface area (Å²) in [4.78, 5) is 15.2. The second kappa shape index (κ2) is 9.94. The normalized spacial score (nSPS) is 12.3. The minimum absolute atomic E-state index is 0.0698. The van der Waals surface area contributed by atoms with Crippen LogP contribution in [0.15, 0.2) is 82.2 Å². The van der Waals surface area contributed by atoms with Gasteiger partial charge in [-0.25, -0.2) is 4.68 Å². The van der Waals surface area contributed by atoms with Crippen molar-refractivity contribution in [2.45, 2.75) is 19.5 Å². The summed E-state index contributed by atoms with van der Waals surface area (Å²) in [5.74, 6) is 0.950. The maximum atomic E-state index is 13.1. The van der Waals surface area contributed by atoms with Crippen LogP contribution >= 0.6 is 0 Å². The molecule has 4 aromatic rings. The van der Waals surface area contributed by atoms with Gasteiger partial charge in [-0.15, -0.1) is 0 Å². The first-order chi connectivity index (χ1) is 16.0. The first-order valence-electron chi connectivity index (χ1n) is 11.1. The van der Waals surface area contributed by atoms with Crippen molar-refractivity contribution in [3.8, 4) is 5.69 Å². The largest absolute Gasteiger partial charge is 0.468 e. The molecule has 33 heavy (non-hydrogen) atoms. The standard InChI is InChI=1S/C26H31N5O2/c1-19-25(26(32)31(30(19)4)22-9-6-5-7-10-22)28-21-14-12-20(13-15-21)17-27-18-23(29(2)3)24-11-8-16-33-24/h5-16,23,27-28H,17-18H2,1-4H3/t23-/m1/s1. The maximum Gasteiger partial charge on any atom is 0.295 e. The predicted octanol–water partition coefficient (Wildman–Crippen LogP) is 4.21. The van der Waals surface area contributed by atoms with E-state index in [1.165, 1.54) is 5.56 Å². The van der Waals surface area contributed by atoms with Crippen molar-refractivity contribution in [2.75, 3.05) is 26.0 Å². The molecule has 0 saturated carbocycles. The molecule has 7 nitrogen and oxygen atoms in total. The van der Waals surface area contributed by atoms with Gasteiger partial charge < -0.3 is 15.1 Å². The van der Waals surface area contributed by atoms with Crippen molar-refractivity contribution in [1.29, 1.82) is 0 Å². The van der Waals surface area contributed by atoms with Crippen molar-refractivity contribution in [3.63, 3.8) is 0 Å². The number of nitrogens with zero attached hydrogens (tertiary/aromatic N) is 3. The highest BCUT2D eigenvalue weighted by Gasteiger charge is 2.17. The van der Waals surface area contributed by atoms with Gasteiger partial charge in [0.15, 0.2) is 0 Å². The van der Waals surface area contributed by atoms with Crippen molar-refractivity contribution in [3.05, 3.63) is 100 Å². The molecular weight excluding hydrogens is 414 g/mol. The van der Waals surface area contributed by atoms with Gasteiger partial charge in [-0.2, -0.15) is 0 Å². The number of hydrogen-bond acceptors (Lipinski definition) is 5. The van der Waals surface area contributed by atoms with E-state index in [-0.39, 0.29) is 11.6 Å². The second-order valence-electron chi connectivity index (χ2n) is 8.38. The highest BCUT2D eigenvalue weighted by Crippen LogP contribution is 2.20. The Morgan fingerprint density at radius 3 is 2.36 bits per heavy atom. The van der Waals surface area contributed by atoms with E-state index in [1.54, 1.807) is 10.9 Å². The zero-order chi connectivity index (χ0) is 23.4. The van der Waals surface area contributed by atoms with Crippen LogP contribution in [0.1, 0.15) is 23.1 Å². The minimum Gasteiger partial charge on any atom is -0.468 e. The second-order valence-corrected chi connectivity index (χ2v) is 8.38. The number of nitrogens with one attached hydrogen (secondary N) is 2. The lowest BCUT2D eigenvalue weighted by molar-refractivity contribution is 0.250. The van der Waals surface area contributed by atoms with Gasteiger partial charge in [0.1, 0.15) is 11.4 Å². The Hall–Kier alpha value is -3.55. The minimum atomic E-state index is -0.0698. The fourth-order valence-electron chi connectivity index (χ4n) is 3.93. The number of furan rings is 1. The Bertz CT molecular complexity index is 1220. The van der Waals surface area contributed by atoms with Crippen LogP contribution < -0.4 is 16.2 Å².